The SMILES string of the molecule is N#CSN=C([O-])[O-].[Na+].[Na+]. The molecule has 0 aromatic rings. The fraction of sp³-hybridized carbons (Fsp3) is 0. The maximum absolute atomic E-state index is 9.31. The van der Waals surface area contributed by atoms with Gasteiger partial charge in [-0.2, -0.15) is 5.26 Å². The molecule has 0 spiro atoms. The van der Waals surface area contributed by atoms with Crippen LogP contribution in [0.3, 0.4) is 0 Å². The number of rotatable bonds is 1. The first kappa shape index (κ1) is 16.6. The first-order valence-corrected chi connectivity index (χ1v) is 2.02. The smallest absolute Gasteiger partial charge is 0.870 e. The minimum absolute atomic E-state index is 0. The van der Waals surface area contributed by atoms with Crippen molar-refractivity contribution in [2.75, 3.05) is 0 Å². The van der Waals surface area contributed by atoms with Crippen molar-refractivity contribution in [2.24, 2.45) is 4.40 Å². The fourth-order valence-corrected chi connectivity index (χ4v) is 0.173. The van der Waals surface area contributed by atoms with Crippen LogP contribution in [0, 0.1) is 10.7 Å². The number of thiocyanates is 1. The summed E-state index contributed by atoms with van der Waals surface area (Å²) in [5.41, 5.74) is 0. The van der Waals surface area contributed by atoms with Gasteiger partial charge in [0.25, 0.3) is 0 Å². The molecular weight excluding hydrogens is 162 g/mol. The molecule has 7 heteroatoms. The number of hydrogen-bond acceptors (Lipinski definition) is 5. The third kappa shape index (κ3) is 17.6. The number of hydrogen-bond donors (Lipinski definition) is 0. The molecule has 0 fully saturated rings. The van der Waals surface area contributed by atoms with E-state index in [0.717, 1.165) is 0 Å². The molecule has 0 aliphatic heterocycles. The Morgan fingerprint density at radius 2 is 1.89 bits per heavy atom. The predicted molar refractivity (Wildman–Crippen MR) is 20.6 cm³/mol. The second kappa shape index (κ2) is 11.9. The zero-order valence-corrected chi connectivity index (χ0v) is 9.94. The normalized spacial score (nSPS) is 5.22. The third-order valence-corrected chi connectivity index (χ3v) is 0.483. The van der Waals surface area contributed by atoms with E-state index in [-0.39, 0.29) is 71.1 Å². The van der Waals surface area contributed by atoms with Gasteiger partial charge in [0.1, 0.15) is 0 Å². The van der Waals surface area contributed by atoms with E-state index in [2.05, 4.69) is 4.40 Å². The van der Waals surface area contributed by atoms with Crippen molar-refractivity contribution in [1.82, 2.24) is 0 Å². The Morgan fingerprint density at radius 3 is 2.00 bits per heavy atom. The van der Waals surface area contributed by atoms with Crippen molar-refractivity contribution < 1.29 is 69.3 Å². The molecule has 4 nitrogen and oxygen atoms in total. The third-order valence-electron chi connectivity index (χ3n) is 0.161. The first-order valence-electron chi connectivity index (χ1n) is 1.24. The largest absolute Gasteiger partial charge is 1.00 e. The van der Waals surface area contributed by atoms with E-state index in [4.69, 9.17) is 5.26 Å². The Morgan fingerprint density at radius 1 is 1.44 bits per heavy atom. The van der Waals surface area contributed by atoms with Gasteiger partial charge in [-0.3, -0.25) is 0 Å². The Balaban J connectivity index is -0.000000180. The van der Waals surface area contributed by atoms with E-state index in [1.54, 1.807) is 0 Å². The predicted octanol–water partition coefficient (Wildman–Crippen LogP) is -7.80. The van der Waals surface area contributed by atoms with Gasteiger partial charge in [0.2, 0.25) is 0 Å². The van der Waals surface area contributed by atoms with Crippen LogP contribution in [0.5, 0.6) is 0 Å². The van der Waals surface area contributed by atoms with Crippen molar-refractivity contribution >= 4 is 18.0 Å². The van der Waals surface area contributed by atoms with Crippen molar-refractivity contribution in [3.05, 3.63) is 0 Å². The van der Waals surface area contributed by atoms with E-state index in [0.29, 0.717) is 0 Å². The molecule has 0 heterocycles. The zero-order valence-electron chi connectivity index (χ0n) is 5.12. The Kier molecular flexibility index (Phi) is 21.9. The molecule has 0 aliphatic carbocycles. The van der Waals surface area contributed by atoms with Gasteiger partial charge in [0.05, 0.1) is 11.9 Å². The summed E-state index contributed by atoms with van der Waals surface area (Å²) in [6.07, 6.45) is -1.58. The Bertz CT molecular complexity index is 118. The fourth-order valence-electron chi connectivity index (χ4n) is 0.0577. The monoisotopic (exact) mass is 162 g/mol. The molecule has 0 rings (SSSR count). The van der Waals surface area contributed by atoms with Crippen LogP contribution in [0.25, 0.3) is 0 Å². The second-order valence-corrected chi connectivity index (χ2v) is 1.09. The quantitative estimate of drug-likeness (QED) is 0.126. The molecule has 0 saturated carbocycles. The van der Waals surface area contributed by atoms with E-state index in [1.165, 1.54) is 5.40 Å². The van der Waals surface area contributed by atoms with E-state index < -0.39 is 6.08 Å². The molecule has 38 valence electrons. The minimum atomic E-state index is -1.58. The summed E-state index contributed by atoms with van der Waals surface area (Å²) >= 11 is 0.285. The molecule has 0 atom stereocenters. The van der Waals surface area contributed by atoms with Crippen LogP contribution in [0.4, 0.5) is 0 Å². The van der Waals surface area contributed by atoms with Crippen molar-refractivity contribution in [3.63, 3.8) is 0 Å². The molecule has 0 saturated heterocycles. The van der Waals surface area contributed by atoms with Gasteiger partial charge in [-0.1, -0.05) is 6.08 Å². The summed E-state index contributed by atoms with van der Waals surface area (Å²) in [5.74, 6) is 0. The number of nitrogens with zero attached hydrogens (tertiary/aromatic N) is 2. The number of nitriles is 1. The van der Waals surface area contributed by atoms with E-state index in [9.17, 15) is 10.2 Å². The molecule has 0 bridgehead atoms. The van der Waals surface area contributed by atoms with Crippen molar-refractivity contribution in [1.29, 1.82) is 5.26 Å². The van der Waals surface area contributed by atoms with E-state index in [1.807, 2.05) is 0 Å². The average Bonchev–Trinajstić information content (AvgIpc) is 1.61. The van der Waals surface area contributed by atoms with Gasteiger partial charge in [-0.25, -0.2) is 4.40 Å². The van der Waals surface area contributed by atoms with Gasteiger partial charge in [-0.15, -0.1) is 0 Å². The molecule has 0 amide bonds. The molecule has 9 heavy (non-hydrogen) atoms. The summed E-state index contributed by atoms with van der Waals surface area (Å²) in [5, 5.41) is 27.7. The van der Waals surface area contributed by atoms with Crippen LogP contribution in [0.2, 0.25) is 0 Å². The Labute approximate surface area is 101 Å². The Hall–Kier alpha value is 1.11. The van der Waals surface area contributed by atoms with Crippen molar-refractivity contribution in [2.45, 2.75) is 0 Å². The molecule has 0 radical (unpaired) electrons. The van der Waals surface area contributed by atoms with Crippen LogP contribution in [0.1, 0.15) is 0 Å². The minimum Gasteiger partial charge on any atom is -0.870 e. The topological polar surface area (TPSA) is 82.3 Å². The standard InChI is InChI=1S/C2H2N2O2S.2Na/c3-1-7-4-2(5)6;;/h(H2,4,5,6);;/q;2*+1/p-2. The van der Waals surface area contributed by atoms with Gasteiger partial charge >= 0.3 is 59.1 Å². The van der Waals surface area contributed by atoms with Crippen LogP contribution < -0.4 is 69.3 Å². The van der Waals surface area contributed by atoms with E-state index >= 15 is 0 Å². The van der Waals surface area contributed by atoms with Gasteiger partial charge in [-0.05, 0) is 0 Å². The first-order chi connectivity index (χ1) is 3.27. The van der Waals surface area contributed by atoms with Crippen LogP contribution in [0.15, 0.2) is 4.40 Å². The van der Waals surface area contributed by atoms with Gasteiger partial charge in [0.15, 0.2) is 5.40 Å². The second-order valence-electron chi connectivity index (χ2n) is 0.540. The molecule has 0 aromatic heterocycles. The molecule has 0 aromatic carbocycles. The van der Waals surface area contributed by atoms with Crippen LogP contribution >= 0.6 is 11.9 Å². The zero-order chi connectivity index (χ0) is 5.70. The summed E-state index contributed by atoms with van der Waals surface area (Å²) in [4.78, 5) is 0. The molecular formula is C2N2Na2O2S. The van der Waals surface area contributed by atoms with Crippen molar-refractivity contribution in [3.8, 4) is 5.40 Å². The molecule has 0 unspecified atom stereocenters. The maximum Gasteiger partial charge on any atom is 1.00 e. The van der Waals surface area contributed by atoms with Crippen LogP contribution in [-0.4, -0.2) is 6.08 Å². The molecule has 0 aliphatic rings. The summed E-state index contributed by atoms with van der Waals surface area (Å²) in [7, 11) is 0. The summed E-state index contributed by atoms with van der Waals surface area (Å²) < 4.78 is 2.60. The summed E-state index contributed by atoms with van der Waals surface area (Å²) in [6, 6.07) is 0. The maximum atomic E-state index is 9.31. The summed E-state index contributed by atoms with van der Waals surface area (Å²) in [6.45, 7) is 0. The van der Waals surface area contributed by atoms with Gasteiger partial charge in [0, 0.05) is 0 Å². The van der Waals surface area contributed by atoms with Crippen LogP contribution in [-0.2, 0) is 0 Å². The van der Waals surface area contributed by atoms with Gasteiger partial charge < -0.3 is 10.2 Å². The molecule has 0 N–H and O–H groups in total. The average molecular weight is 162 g/mol.